The van der Waals surface area contributed by atoms with Gasteiger partial charge in [-0.1, -0.05) is 11.2 Å². The van der Waals surface area contributed by atoms with Gasteiger partial charge in [-0.3, -0.25) is 0 Å². The van der Waals surface area contributed by atoms with Crippen molar-refractivity contribution in [2.24, 2.45) is 0 Å². The van der Waals surface area contributed by atoms with E-state index in [9.17, 15) is 0 Å². The number of nitrogen functional groups attached to an aromatic ring is 1. The number of nitrogens with two attached hydrogens (primary N) is 1. The van der Waals surface area contributed by atoms with Crippen LogP contribution >= 0.6 is 0 Å². The molecule has 3 heteroatoms. The third-order valence-corrected chi connectivity index (χ3v) is 2.20. The van der Waals surface area contributed by atoms with Crippen molar-refractivity contribution >= 4 is 16.8 Å². The van der Waals surface area contributed by atoms with Gasteiger partial charge in [-0.2, -0.15) is 0 Å². The number of rotatable bonds is 0. The van der Waals surface area contributed by atoms with E-state index < -0.39 is 0 Å². The number of nitrogens with zero attached hydrogens (tertiary/aromatic N) is 1. The molecule has 1 heterocycles. The van der Waals surface area contributed by atoms with Gasteiger partial charge >= 0.3 is 0 Å². The first-order valence-electron chi connectivity index (χ1n) is 3.81. The number of fused-ring (bicyclic) bond motifs is 1. The fraction of sp³-hybridized carbons (Fsp3) is 0.222. The first-order valence-corrected chi connectivity index (χ1v) is 3.81. The van der Waals surface area contributed by atoms with Crippen LogP contribution in [0.5, 0.6) is 0 Å². The Bertz CT molecular complexity index is 431. The molecule has 0 spiro atoms. The van der Waals surface area contributed by atoms with E-state index in [1.165, 1.54) is 5.56 Å². The summed E-state index contributed by atoms with van der Waals surface area (Å²) in [4.78, 5) is 0. The smallest absolute Gasteiger partial charge is 0.175 e. The Morgan fingerprint density at radius 1 is 1.33 bits per heavy atom. The van der Waals surface area contributed by atoms with E-state index in [-0.39, 0.29) is 0 Å². The number of hydrogen-bond donors (Lipinski definition) is 1. The Balaban J connectivity index is 2.96. The molecule has 0 amide bonds. The van der Waals surface area contributed by atoms with E-state index in [1.807, 2.05) is 26.0 Å². The molecular weight excluding hydrogens is 152 g/mol. The van der Waals surface area contributed by atoms with Crippen molar-refractivity contribution in [2.45, 2.75) is 13.8 Å². The van der Waals surface area contributed by atoms with Crippen LogP contribution in [-0.2, 0) is 0 Å². The van der Waals surface area contributed by atoms with Crippen LogP contribution in [0.4, 0.5) is 5.82 Å². The second-order valence-corrected chi connectivity index (χ2v) is 2.95. The summed E-state index contributed by atoms with van der Waals surface area (Å²) in [6.45, 7) is 4.06. The molecule has 0 unspecified atom stereocenters. The molecule has 1 aromatic carbocycles. The largest absolute Gasteiger partial charge is 0.380 e. The van der Waals surface area contributed by atoms with Crippen LogP contribution in [0, 0.1) is 13.8 Å². The fourth-order valence-electron chi connectivity index (χ4n) is 1.33. The van der Waals surface area contributed by atoms with Crippen molar-refractivity contribution in [2.75, 3.05) is 5.73 Å². The van der Waals surface area contributed by atoms with Crippen LogP contribution < -0.4 is 5.73 Å². The lowest BCUT2D eigenvalue weighted by Crippen LogP contribution is -1.87. The lowest BCUT2D eigenvalue weighted by Gasteiger charge is -1.98. The SMILES string of the molecule is Cc1ccc2onc(N)c2c1C. The standard InChI is InChI=1S/C9H10N2O/c1-5-3-4-7-8(6(5)2)9(10)11-12-7/h3-4H,1-2H3,(H2,10,11). The van der Waals surface area contributed by atoms with Gasteiger partial charge in [0.2, 0.25) is 0 Å². The normalized spacial score (nSPS) is 10.8. The fourth-order valence-corrected chi connectivity index (χ4v) is 1.33. The van der Waals surface area contributed by atoms with Crippen molar-refractivity contribution in [3.63, 3.8) is 0 Å². The molecule has 0 radical (unpaired) electrons. The highest BCUT2D eigenvalue weighted by Crippen LogP contribution is 2.25. The van der Waals surface area contributed by atoms with Gasteiger partial charge in [-0.05, 0) is 31.0 Å². The van der Waals surface area contributed by atoms with Crippen LogP contribution in [0.25, 0.3) is 11.0 Å². The molecule has 2 rings (SSSR count). The van der Waals surface area contributed by atoms with E-state index >= 15 is 0 Å². The van der Waals surface area contributed by atoms with E-state index in [0.717, 1.165) is 16.5 Å². The summed E-state index contributed by atoms with van der Waals surface area (Å²) in [5.41, 5.74) is 8.75. The average Bonchev–Trinajstić information content (AvgIpc) is 2.41. The lowest BCUT2D eigenvalue weighted by atomic mass is 10.1. The van der Waals surface area contributed by atoms with Gasteiger partial charge in [0, 0.05) is 0 Å². The van der Waals surface area contributed by atoms with Gasteiger partial charge in [0.1, 0.15) is 0 Å². The third-order valence-electron chi connectivity index (χ3n) is 2.20. The molecule has 0 saturated heterocycles. The van der Waals surface area contributed by atoms with Crippen molar-refractivity contribution in [3.8, 4) is 0 Å². The first-order chi connectivity index (χ1) is 5.70. The highest BCUT2D eigenvalue weighted by atomic mass is 16.5. The van der Waals surface area contributed by atoms with Crippen LogP contribution in [-0.4, -0.2) is 5.16 Å². The summed E-state index contributed by atoms with van der Waals surface area (Å²) in [6.07, 6.45) is 0. The summed E-state index contributed by atoms with van der Waals surface area (Å²) in [6, 6.07) is 3.89. The molecule has 0 fully saturated rings. The zero-order valence-electron chi connectivity index (χ0n) is 7.09. The van der Waals surface area contributed by atoms with Gasteiger partial charge < -0.3 is 10.3 Å². The molecule has 0 aliphatic rings. The number of anilines is 1. The summed E-state index contributed by atoms with van der Waals surface area (Å²) in [5, 5.41) is 4.64. The molecular formula is C9H10N2O. The maximum absolute atomic E-state index is 5.64. The molecule has 2 N–H and O–H groups in total. The molecule has 0 bridgehead atoms. The van der Waals surface area contributed by atoms with Crippen LogP contribution in [0.2, 0.25) is 0 Å². The van der Waals surface area contributed by atoms with Gasteiger partial charge in [-0.25, -0.2) is 0 Å². The predicted octanol–water partition coefficient (Wildman–Crippen LogP) is 2.03. The summed E-state index contributed by atoms with van der Waals surface area (Å²) >= 11 is 0. The molecule has 62 valence electrons. The zero-order chi connectivity index (χ0) is 8.72. The monoisotopic (exact) mass is 162 g/mol. The molecule has 3 nitrogen and oxygen atoms in total. The van der Waals surface area contributed by atoms with E-state index in [1.54, 1.807) is 0 Å². The molecule has 2 aromatic rings. The van der Waals surface area contributed by atoms with E-state index in [0.29, 0.717) is 5.82 Å². The van der Waals surface area contributed by atoms with Gasteiger partial charge in [0.15, 0.2) is 11.4 Å². The summed E-state index contributed by atoms with van der Waals surface area (Å²) in [5.74, 6) is 0.478. The first kappa shape index (κ1) is 7.16. The summed E-state index contributed by atoms with van der Waals surface area (Å²) in [7, 11) is 0. The number of aryl methyl sites for hydroxylation is 2. The lowest BCUT2D eigenvalue weighted by molar-refractivity contribution is 0.460. The van der Waals surface area contributed by atoms with Gasteiger partial charge in [0.05, 0.1) is 5.39 Å². The molecule has 12 heavy (non-hydrogen) atoms. The zero-order valence-corrected chi connectivity index (χ0v) is 7.09. The topological polar surface area (TPSA) is 52.0 Å². The van der Waals surface area contributed by atoms with Crippen molar-refractivity contribution < 1.29 is 4.52 Å². The molecule has 0 aliphatic carbocycles. The molecule has 0 saturated carbocycles. The highest BCUT2D eigenvalue weighted by molar-refractivity contribution is 5.90. The van der Waals surface area contributed by atoms with E-state index in [4.69, 9.17) is 10.3 Å². The predicted molar refractivity (Wildman–Crippen MR) is 47.9 cm³/mol. The number of aromatic nitrogens is 1. The Hall–Kier alpha value is -1.51. The maximum Gasteiger partial charge on any atom is 0.175 e. The highest BCUT2D eigenvalue weighted by Gasteiger charge is 2.08. The second-order valence-electron chi connectivity index (χ2n) is 2.95. The number of hydrogen-bond acceptors (Lipinski definition) is 3. The van der Waals surface area contributed by atoms with Crippen molar-refractivity contribution in [1.82, 2.24) is 5.16 Å². The maximum atomic E-state index is 5.64. The third kappa shape index (κ3) is 0.794. The van der Waals surface area contributed by atoms with Crippen LogP contribution in [0.15, 0.2) is 16.7 Å². The average molecular weight is 162 g/mol. The Kier molecular flexibility index (Phi) is 1.33. The summed E-state index contributed by atoms with van der Waals surface area (Å²) < 4.78 is 5.01. The van der Waals surface area contributed by atoms with Gasteiger partial charge in [0.25, 0.3) is 0 Å². The number of benzene rings is 1. The van der Waals surface area contributed by atoms with Crippen molar-refractivity contribution in [3.05, 3.63) is 23.3 Å². The Labute approximate surface area is 70.1 Å². The van der Waals surface area contributed by atoms with E-state index in [2.05, 4.69) is 5.16 Å². The van der Waals surface area contributed by atoms with Gasteiger partial charge in [-0.15, -0.1) is 0 Å². The molecule has 0 atom stereocenters. The molecule has 0 aliphatic heterocycles. The second kappa shape index (κ2) is 2.24. The molecule has 1 aromatic heterocycles. The minimum absolute atomic E-state index is 0.478. The van der Waals surface area contributed by atoms with Crippen LogP contribution in [0.1, 0.15) is 11.1 Å². The minimum Gasteiger partial charge on any atom is -0.380 e. The Morgan fingerprint density at radius 3 is 2.83 bits per heavy atom. The minimum atomic E-state index is 0.478. The van der Waals surface area contributed by atoms with Crippen molar-refractivity contribution in [1.29, 1.82) is 0 Å². The Morgan fingerprint density at radius 2 is 2.08 bits per heavy atom. The quantitative estimate of drug-likeness (QED) is 0.644. The van der Waals surface area contributed by atoms with Crippen LogP contribution in [0.3, 0.4) is 0 Å².